The van der Waals surface area contributed by atoms with Crippen molar-refractivity contribution in [3.05, 3.63) is 74.0 Å². The highest BCUT2D eigenvalue weighted by atomic mass is 35.5. The molecule has 1 N–H and O–H groups in total. The van der Waals surface area contributed by atoms with Crippen LogP contribution < -0.4 is 24.7 Å². The molecule has 4 rings (SSSR count). The lowest BCUT2D eigenvalue weighted by atomic mass is 9.97. The molecular formula is C31H31Cl2N5O9. The second-order valence-corrected chi connectivity index (χ2v) is 11.1. The number of benzene rings is 2. The molecule has 0 fully saturated rings. The summed E-state index contributed by atoms with van der Waals surface area (Å²) in [5, 5.41) is 18.1. The molecule has 0 aliphatic carbocycles. The summed E-state index contributed by atoms with van der Waals surface area (Å²) >= 11 is 12.2. The van der Waals surface area contributed by atoms with Crippen molar-refractivity contribution >= 4 is 34.9 Å². The van der Waals surface area contributed by atoms with Crippen molar-refractivity contribution in [1.29, 1.82) is 0 Å². The molecule has 0 radical (unpaired) electrons. The minimum atomic E-state index is -1.19. The zero-order valence-corrected chi connectivity index (χ0v) is 28.0. The third-order valence-corrected chi connectivity index (χ3v) is 6.46. The topological polar surface area (TPSA) is 170 Å². The predicted octanol–water partition coefficient (Wildman–Crippen LogP) is 5.80. The number of aromatic carboxylic acids is 1. The summed E-state index contributed by atoms with van der Waals surface area (Å²) in [5.74, 6) is 1.59. The van der Waals surface area contributed by atoms with E-state index in [9.17, 15) is 14.7 Å². The molecule has 4 aromatic rings. The molecule has 0 aliphatic heterocycles. The Morgan fingerprint density at radius 2 is 1.72 bits per heavy atom. The number of aromatic nitrogens is 4. The molecular weight excluding hydrogens is 657 g/mol. The van der Waals surface area contributed by atoms with Crippen LogP contribution in [0.1, 0.15) is 49.5 Å². The fourth-order valence-corrected chi connectivity index (χ4v) is 4.22. The van der Waals surface area contributed by atoms with Crippen molar-refractivity contribution in [2.45, 2.75) is 33.1 Å². The minimum absolute atomic E-state index is 0.0434. The van der Waals surface area contributed by atoms with Crippen LogP contribution in [0.15, 0.2) is 50.8 Å². The molecule has 2 heterocycles. The maximum Gasteiger partial charge on any atom is 0.442 e. The van der Waals surface area contributed by atoms with E-state index in [1.165, 1.54) is 45.6 Å². The number of methoxy groups -OCH3 is 2. The van der Waals surface area contributed by atoms with Crippen molar-refractivity contribution in [2.24, 2.45) is 5.16 Å². The fourth-order valence-electron chi connectivity index (χ4n) is 3.71. The lowest BCUT2D eigenvalue weighted by Crippen LogP contribution is -2.15. The SMILES string of the molecule is C#CCOc1cc(-n2nc(C(C)(C)C)oc2=O)c(Cl)cc1Cl.CON=C(C)c1cccc(Oc2nc(OC)cc(OC)n2)c1C(=O)O. The number of terminal acetylenes is 1. The van der Waals surface area contributed by atoms with Gasteiger partial charge in [0.05, 0.1) is 41.7 Å². The van der Waals surface area contributed by atoms with E-state index in [1.807, 2.05) is 20.8 Å². The molecule has 2 aromatic carbocycles. The van der Waals surface area contributed by atoms with Crippen LogP contribution in [0.5, 0.6) is 29.3 Å². The lowest BCUT2D eigenvalue weighted by Gasteiger charge is -2.12. The van der Waals surface area contributed by atoms with Gasteiger partial charge in [0, 0.05) is 17.0 Å². The number of carbonyl (C=O) groups is 1. The van der Waals surface area contributed by atoms with Crippen molar-refractivity contribution in [3.8, 4) is 47.3 Å². The van der Waals surface area contributed by atoms with Gasteiger partial charge in [-0.05, 0) is 19.1 Å². The molecule has 14 nitrogen and oxygen atoms in total. The van der Waals surface area contributed by atoms with Gasteiger partial charge >= 0.3 is 17.7 Å². The summed E-state index contributed by atoms with van der Waals surface area (Å²) in [4.78, 5) is 36.5. The van der Waals surface area contributed by atoms with E-state index < -0.39 is 17.1 Å². The lowest BCUT2D eigenvalue weighted by molar-refractivity contribution is 0.0693. The van der Waals surface area contributed by atoms with Crippen molar-refractivity contribution in [2.75, 3.05) is 27.9 Å². The monoisotopic (exact) mass is 687 g/mol. The zero-order chi connectivity index (χ0) is 34.9. The van der Waals surface area contributed by atoms with Crippen LogP contribution in [0.2, 0.25) is 10.0 Å². The second kappa shape index (κ2) is 15.8. The molecule has 0 spiro atoms. The van der Waals surface area contributed by atoms with Gasteiger partial charge in [-0.25, -0.2) is 9.59 Å². The number of hydrogen-bond acceptors (Lipinski definition) is 12. The first-order chi connectivity index (χ1) is 22.2. The van der Waals surface area contributed by atoms with Crippen LogP contribution in [0.4, 0.5) is 0 Å². The van der Waals surface area contributed by atoms with Gasteiger partial charge in [0.15, 0.2) is 0 Å². The van der Waals surface area contributed by atoms with Gasteiger partial charge in [-0.2, -0.15) is 14.6 Å². The molecule has 0 aliphatic rings. The third-order valence-electron chi connectivity index (χ3n) is 5.87. The normalized spacial score (nSPS) is 11.1. The first-order valence-electron chi connectivity index (χ1n) is 13.5. The molecule has 0 atom stereocenters. The van der Waals surface area contributed by atoms with E-state index >= 15 is 0 Å². The van der Waals surface area contributed by atoms with Crippen molar-refractivity contribution in [3.63, 3.8) is 0 Å². The van der Waals surface area contributed by atoms with E-state index in [4.69, 9.17) is 57.8 Å². The molecule has 47 heavy (non-hydrogen) atoms. The number of carboxylic acid groups (broad SMARTS) is 1. The molecule has 2 aromatic heterocycles. The quantitative estimate of drug-likeness (QED) is 0.121. The maximum atomic E-state index is 12.0. The number of rotatable bonds is 10. The van der Waals surface area contributed by atoms with Crippen LogP contribution in [-0.4, -0.2) is 64.5 Å². The Labute approximate surface area is 279 Å². The van der Waals surface area contributed by atoms with E-state index in [-0.39, 0.29) is 45.7 Å². The number of oxime groups is 1. The minimum Gasteiger partial charge on any atom is -0.481 e. The Bertz CT molecular complexity index is 1850. The first kappa shape index (κ1) is 36.2. The number of carboxylic acids is 1. The third kappa shape index (κ3) is 9.15. The fraction of sp³-hybridized carbons (Fsp3) is 0.290. The summed E-state index contributed by atoms with van der Waals surface area (Å²) in [6.07, 6.45) is 5.15. The molecule has 0 saturated heterocycles. The van der Waals surface area contributed by atoms with Crippen LogP contribution in [-0.2, 0) is 10.3 Å². The molecule has 0 unspecified atom stereocenters. The van der Waals surface area contributed by atoms with Gasteiger partial charge in [0.25, 0.3) is 0 Å². The van der Waals surface area contributed by atoms with Gasteiger partial charge in [-0.15, -0.1) is 11.5 Å². The van der Waals surface area contributed by atoms with Crippen LogP contribution in [0.3, 0.4) is 0 Å². The average Bonchev–Trinajstić information content (AvgIpc) is 3.42. The summed E-state index contributed by atoms with van der Waals surface area (Å²) in [5.41, 5.74) is 0.538. The molecule has 0 bridgehead atoms. The van der Waals surface area contributed by atoms with Gasteiger partial charge < -0.3 is 33.3 Å². The first-order valence-corrected chi connectivity index (χ1v) is 14.2. The van der Waals surface area contributed by atoms with E-state index in [2.05, 4.69) is 26.1 Å². The van der Waals surface area contributed by atoms with Crippen molar-refractivity contribution < 1.29 is 38.1 Å². The average molecular weight is 689 g/mol. The summed E-state index contributed by atoms with van der Waals surface area (Å²) < 4.78 is 27.2. The second-order valence-electron chi connectivity index (χ2n) is 10.2. The van der Waals surface area contributed by atoms with Crippen LogP contribution in [0, 0.1) is 12.3 Å². The van der Waals surface area contributed by atoms with E-state index in [0.29, 0.717) is 28.6 Å². The Kier molecular flexibility index (Phi) is 12.2. The Morgan fingerprint density at radius 1 is 1.06 bits per heavy atom. The van der Waals surface area contributed by atoms with Gasteiger partial charge in [-0.1, -0.05) is 67.2 Å². The maximum absolute atomic E-state index is 12.0. The van der Waals surface area contributed by atoms with Crippen LogP contribution in [0.25, 0.3) is 5.69 Å². The highest BCUT2D eigenvalue weighted by Gasteiger charge is 2.24. The summed E-state index contributed by atoms with van der Waals surface area (Å²) in [6, 6.07) is 9.03. The summed E-state index contributed by atoms with van der Waals surface area (Å²) in [6.45, 7) is 7.32. The molecule has 16 heteroatoms. The molecule has 0 amide bonds. The number of halogens is 2. The Hall–Kier alpha value is -5.26. The van der Waals surface area contributed by atoms with Gasteiger partial charge in [0.2, 0.25) is 17.7 Å². The van der Waals surface area contributed by atoms with Gasteiger partial charge in [-0.3, -0.25) is 0 Å². The van der Waals surface area contributed by atoms with E-state index in [1.54, 1.807) is 19.1 Å². The smallest absolute Gasteiger partial charge is 0.442 e. The highest BCUT2D eigenvalue weighted by molar-refractivity contribution is 6.36. The van der Waals surface area contributed by atoms with Gasteiger partial charge in [0.1, 0.15) is 30.8 Å². The predicted molar refractivity (Wildman–Crippen MR) is 173 cm³/mol. The van der Waals surface area contributed by atoms with E-state index in [0.717, 1.165) is 4.68 Å². The highest BCUT2D eigenvalue weighted by Crippen LogP contribution is 2.33. The largest absolute Gasteiger partial charge is 0.481 e. The van der Waals surface area contributed by atoms with Crippen molar-refractivity contribution in [1.82, 2.24) is 19.7 Å². The summed E-state index contributed by atoms with van der Waals surface area (Å²) in [7, 11) is 4.24. The zero-order valence-electron chi connectivity index (χ0n) is 26.5. The molecule has 248 valence electrons. The molecule has 0 saturated carbocycles. The Balaban J connectivity index is 0.000000257. The Morgan fingerprint density at radius 3 is 2.26 bits per heavy atom. The standard InChI is InChI=1S/C16H17N3O6.C15H14Cl2N2O3/c1-9(19-24-4)10-6-5-7-11(14(10)15(20)21)25-16-17-12(22-2)8-13(18-16)23-3;1-5-6-21-12-8-11(9(16)7-10(12)17)19-14(20)22-13(18-19)15(2,3)4/h5-8H,1-4H3,(H,20,21);1,7-8H,6H2,2-4H3. The number of nitrogens with zero attached hydrogens (tertiary/aromatic N) is 5. The van der Waals surface area contributed by atoms with Crippen LogP contribution >= 0.6 is 23.2 Å². The number of hydrogen-bond donors (Lipinski definition) is 1. The number of ether oxygens (including phenoxy) is 4.